The van der Waals surface area contributed by atoms with Gasteiger partial charge in [-0.05, 0) is 50.8 Å². The number of benzene rings is 1. The number of nitrogens with two attached hydrogens (primary N) is 1. The maximum atomic E-state index is 13.1. The Hall–Kier alpha value is -1.45. The van der Waals surface area contributed by atoms with Crippen LogP contribution in [0.25, 0.3) is 0 Å². The highest BCUT2D eigenvalue weighted by atomic mass is 35.5. The van der Waals surface area contributed by atoms with Crippen LogP contribution in [0.4, 0.5) is 18.9 Å². The lowest BCUT2D eigenvalue weighted by Gasteiger charge is -2.37. The third-order valence-electron chi connectivity index (χ3n) is 4.23. The minimum atomic E-state index is -4.52. The van der Waals surface area contributed by atoms with Gasteiger partial charge in [-0.2, -0.15) is 18.4 Å². The van der Waals surface area contributed by atoms with Crippen molar-refractivity contribution in [2.24, 2.45) is 5.73 Å². The first-order chi connectivity index (χ1) is 10.4. The quantitative estimate of drug-likeness (QED) is 0.895. The summed E-state index contributed by atoms with van der Waals surface area (Å²) in [6, 6.07) is 5.81. The Kier molecular flexibility index (Phi) is 6.72. The van der Waals surface area contributed by atoms with E-state index in [2.05, 4.69) is 0 Å². The topological polar surface area (TPSA) is 53.0 Å². The number of rotatable bonds is 3. The van der Waals surface area contributed by atoms with Crippen LogP contribution in [0.2, 0.25) is 0 Å². The van der Waals surface area contributed by atoms with Gasteiger partial charge in [-0.1, -0.05) is 0 Å². The molecule has 0 spiro atoms. The molecule has 23 heavy (non-hydrogen) atoms. The molecule has 1 fully saturated rings. The Morgan fingerprint density at radius 3 is 2.57 bits per heavy atom. The van der Waals surface area contributed by atoms with Crippen LogP contribution in [-0.4, -0.2) is 18.6 Å². The van der Waals surface area contributed by atoms with Crippen LogP contribution in [0.1, 0.15) is 43.7 Å². The van der Waals surface area contributed by atoms with Crippen LogP contribution >= 0.6 is 12.4 Å². The van der Waals surface area contributed by atoms with E-state index < -0.39 is 11.7 Å². The van der Waals surface area contributed by atoms with Gasteiger partial charge in [0.15, 0.2) is 0 Å². The lowest BCUT2D eigenvalue weighted by atomic mass is 9.90. The number of anilines is 1. The van der Waals surface area contributed by atoms with E-state index in [0.717, 1.165) is 31.7 Å². The Labute approximate surface area is 140 Å². The molecule has 7 heteroatoms. The molecule has 2 rings (SSSR count). The summed E-state index contributed by atoms with van der Waals surface area (Å²) in [5.41, 5.74) is 5.29. The van der Waals surface area contributed by atoms with Crippen LogP contribution in [0.3, 0.4) is 0 Å². The van der Waals surface area contributed by atoms with Gasteiger partial charge in [-0.3, -0.25) is 0 Å². The summed E-state index contributed by atoms with van der Waals surface area (Å²) in [6.07, 6.45) is -0.846. The maximum Gasteiger partial charge on any atom is 0.417 e. The van der Waals surface area contributed by atoms with Crippen LogP contribution in [0.5, 0.6) is 0 Å². The zero-order chi connectivity index (χ0) is 16.3. The molecule has 0 amide bonds. The van der Waals surface area contributed by atoms with E-state index in [1.165, 1.54) is 6.07 Å². The summed E-state index contributed by atoms with van der Waals surface area (Å²) in [5, 5.41) is 8.87. The zero-order valence-corrected chi connectivity index (χ0v) is 13.8. The maximum absolute atomic E-state index is 13.1. The van der Waals surface area contributed by atoms with E-state index in [0.29, 0.717) is 12.2 Å². The van der Waals surface area contributed by atoms with Gasteiger partial charge in [0.25, 0.3) is 0 Å². The Balaban J connectivity index is 0.00000264. The molecule has 2 N–H and O–H groups in total. The fourth-order valence-electron chi connectivity index (χ4n) is 3.18. The number of hydrogen-bond donors (Lipinski definition) is 1. The van der Waals surface area contributed by atoms with E-state index in [1.807, 2.05) is 11.8 Å². The van der Waals surface area contributed by atoms with Gasteiger partial charge < -0.3 is 10.6 Å². The van der Waals surface area contributed by atoms with Crippen molar-refractivity contribution in [1.29, 1.82) is 5.26 Å². The standard InChI is InChI=1S/C16H20F3N3.ClH/c1-2-22(13-5-3-4-12(21)8-13)14-7-6-11(10-20)15(9-14)16(17,18)19;/h6-7,9,12-13H,2-5,8,21H2,1H3;1H. The number of halogens is 4. The third-order valence-corrected chi connectivity index (χ3v) is 4.23. The van der Waals surface area contributed by atoms with Gasteiger partial charge in [0, 0.05) is 24.3 Å². The van der Waals surface area contributed by atoms with Crippen molar-refractivity contribution < 1.29 is 13.2 Å². The molecule has 1 aromatic carbocycles. The summed E-state index contributed by atoms with van der Waals surface area (Å²) >= 11 is 0. The summed E-state index contributed by atoms with van der Waals surface area (Å²) in [7, 11) is 0. The molecule has 0 heterocycles. The fourth-order valence-corrected chi connectivity index (χ4v) is 3.18. The normalized spacial score (nSPS) is 21.2. The smallest absolute Gasteiger partial charge is 0.369 e. The molecular formula is C16H21ClF3N3. The minimum absolute atomic E-state index is 0. The Bertz CT molecular complexity index is 569. The summed E-state index contributed by atoms with van der Waals surface area (Å²) in [5.74, 6) is 0. The molecule has 2 atom stereocenters. The molecule has 0 aliphatic heterocycles. The van der Waals surface area contributed by atoms with Gasteiger partial charge in [-0.25, -0.2) is 0 Å². The second-order valence-corrected chi connectivity index (χ2v) is 5.71. The third kappa shape index (κ3) is 4.52. The van der Waals surface area contributed by atoms with E-state index >= 15 is 0 Å². The Morgan fingerprint density at radius 1 is 1.35 bits per heavy atom. The molecule has 0 aromatic heterocycles. The summed E-state index contributed by atoms with van der Waals surface area (Å²) < 4.78 is 39.3. The molecule has 0 radical (unpaired) electrons. The largest absolute Gasteiger partial charge is 0.417 e. The molecule has 3 nitrogen and oxygen atoms in total. The predicted molar refractivity (Wildman–Crippen MR) is 86.7 cm³/mol. The number of nitrogens with zero attached hydrogens (tertiary/aromatic N) is 2. The van der Waals surface area contributed by atoms with Gasteiger partial charge in [0.2, 0.25) is 0 Å². The molecule has 0 bridgehead atoms. The molecule has 1 aliphatic carbocycles. The molecule has 128 valence electrons. The van der Waals surface area contributed by atoms with Crippen molar-refractivity contribution >= 4 is 18.1 Å². The SMILES string of the molecule is CCN(c1ccc(C#N)c(C(F)(F)F)c1)C1CCCC(N)C1.Cl. The van der Waals surface area contributed by atoms with Crippen molar-refractivity contribution in [3.63, 3.8) is 0 Å². The molecule has 1 saturated carbocycles. The van der Waals surface area contributed by atoms with Crippen LogP contribution in [0, 0.1) is 11.3 Å². The average molecular weight is 348 g/mol. The lowest BCUT2D eigenvalue weighted by molar-refractivity contribution is -0.137. The van der Waals surface area contributed by atoms with Gasteiger partial charge in [-0.15, -0.1) is 12.4 Å². The first-order valence-corrected chi connectivity index (χ1v) is 7.50. The van der Waals surface area contributed by atoms with Crippen molar-refractivity contribution in [3.8, 4) is 6.07 Å². The average Bonchev–Trinajstić information content (AvgIpc) is 2.47. The monoisotopic (exact) mass is 347 g/mol. The lowest BCUT2D eigenvalue weighted by Crippen LogP contribution is -2.42. The van der Waals surface area contributed by atoms with Crippen molar-refractivity contribution in [2.45, 2.75) is 50.9 Å². The van der Waals surface area contributed by atoms with E-state index in [1.54, 1.807) is 12.1 Å². The van der Waals surface area contributed by atoms with E-state index in [-0.39, 0.29) is 30.1 Å². The van der Waals surface area contributed by atoms with Crippen LogP contribution < -0.4 is 10.6 Å². The summed E-state index contributed by atoms with van der Waals surface area (Å²) in [4.78, 5) is 1.97. The highest BCUT2D eigenvalue weighted by molar-refractivity contribution is 5.85. The second kappa shape index (κ2) is 7.89. The van der Waals surface area contributed by atoms with Gasteiger partial charge in [0.05, 0.1) is 17.2 Å². The van der Waals surface area contributed by atoms with Crippen LogP contribution in [0.15, 0.2) is 18.2 Å². The first-order valence-electron chi connectivity index (χ1n) is 7.50. The molecule has 2 unspecified atom stereocenters. The Morgan fingerprint density at radius 2 is 2.04 bits per heavy atom. The fraction of sp³-hybridized carbons (Fsp3) is 0.562. The molecule has 1 aromatic rings. The van der Waals surface area contributed by atoms with Crippen LogP contribution in [-0.2, 0) is 6.18 Å². The minimum Gasteiger partial charge on any atom is -0.369 e. The van der Waals surface area contributed by atoms with Gasteiger partial charge in [0.1, 0.15) is 0 Å². The highest BCUT2D eigenvalue weighted by Crippen LogP contribution is 2.36. The first kappa shape index (κ1) is 19.6. The van der Waals surface area contributed by atoms with E-state index in [4.69, 9.17) is 11.0 Å². The van der Waals surface area contributed by atoms with Crippen molar-refractivity contribution in [3.05, 3.63) is 29.3 Å². The molecular weight excluding hydrogens is 327 g/mol. The van der Waals surface area contributed by atoms with Gasteiger partial charge >= 0.3 is 6.18 Å². The van der Waals surface area contributed by atoms with E-state index in [9.17, 15) is 13.2 Å². The molecule has 0 saturated heterocycles. The summed E-state index contributed by atoms with van der Waals surface area (Å²) in [6.45, 7) is 2.53. The second-order valence-electron chi connectivity index (χ2n) is 5.71. The van der Waals surface area contributed by atoms with Crippen molar-refractivity contribution in [1.82, 2.24) is 0 Å². The number of hydrogen-bond acceptors (Lipinski definition) is 3. The van der Waals surface area contributed by atoms with Crippen molar-refractivity contribution in [2.75, 3.05) is 11.4 Å². The highest BCUT2D eigenvalue weighted by Gasteiger charge is 2.35. The molecule has 1 aliphatic rings. The number of nitriles is 1. The number of alkyl halides is 3. The zero-order valence-electron chi connectivity index (χ0n) is 12.9. The predicted octanol–water partition coefficient (Wildman–Crippen LogP) is 4.10.